The lowest BCUT2D eigenvalue weighted by atomic mass is 10.1. The number of methoxy groups -OCH3 is 1. The topological polar surface area (TPSA) is 102 Å². The Labute approximate surface area is 175 Å². The van der Waals surface area contributed by atoms with Crippen molar-refractivity contribution in [1.82, 2.24) is 9.62 Å². The van der Waals surface area contributed by atoms with Gasteiger partial charge in [0.2, 0.25) is 10.0 Å². The fourth-order valence-electron chi connectivity index (χ4n) is 3.15. The van der Waals surface area contributed by atoms with Crippen LogP contribution in [0.4, 0.5) is 0 Å². The third-order valence-electron chi connectivity index (χ3n) is 4.81. The van der Waals surface area contributed by atoms with Crippen LogP contribution in [0.1, 0.15) is 26.3 Å². The van der Waals surface area contributed by atoms with Crippen LogP contribution in [-0.4, -0.2) is 64.6 Å². The van der Waals surface area contributed by atoms with E-state index in [9.17, 15) is 18.0 Å². The minimum Gasteiger partial charge on any atom is -0.465 e. The maximum absolute atomic E-state index is 12.6. The third-order valence-corrected chi connectivity index (χ3v) is 6.72. The van der Waals surface area contributed by atoms with Crippen molar-refractivity contribution >= 4 is 21.9 Å². The van der Waals surface area contributed by atoms with E-state index in [2.05, 4.69) is 5.32 Å². The molecule has 9 heteroatoms. The first-order valence-electron chi connectivity index (χ1n) is 9.56. The molecule has 30 heavy (non-hydrogen) atoms. The van der Waals surface area contributed by atoms with Gasteiger partial charge in [-0.05, 0) is 36.2 Å². The van der Waals surface area contributed by atoms with E-state index in [-0.39, 0.29) is 21.9 Å². The van der Waals surface area contributed by atoms with Gasteiger partial charge in [0, 0.05) is 19.6 Å². The lowest BCUT2D eigenvalue weighted by Crippen LogP contribution is -2.40. The van der Waals surface area contributed by atoms with Crippen LogP contribution in [-0.2, 0) is 25.9 Å². The van der Waals surface area contributed by atoms with Gasteiger partial charge < -0.3 is 14.8 Å². The Morgan fingerprint density at radius 2 is 1.67 bits per heavy atom. The van der Waals surface area contributed by atoms with Crippen molar-refractivity contribution < 1.29 is 27.5 Å². The van der Waals surface area contributed by atoms with Crippen LogP contribution in [0.25, 0.3) is 0 Å². The number of amides is 1. The summed E-state index contributed by atoms with van der Waals surface area (Å²) in [5.41, 5.74) is 1.34. The molecule has 1 saturated heterocycles. The molecule has 0 radical (unpaired) electrons. The summed E-state index contributed by atoms with van der Waals surface area (Å²) < 4.78 is 36.6. The van der Waals surface area contributed by atoms with Crippen molar-refractivity contribution in [1.29, 1.82) is 0 Å². The van der Waals surface area contributed by atoms with E-state index < -0.39 is 16.0 Å². The van der Waals surface area contributed by atoms with Gasteiger partial charge in [-0.2, -0.15) is 4.31 Å². The molecule has 2 aromatic rings. The predicted molar refractivity (Wildman–Crippen MR) is 110 cm³/mol. The Morgan fingerprint density at radius 3 is 2.30 bits per heavy atom. The molecule has 0 saturated carbocycles. The van der Waals surface area contributed by atoms with Crippen molar-refractivity contribution in [3.05, 3.63) is 65.2 Å². The van der Waals surface area contributed by atoms with Crippen LogP contribution in [0, 0.1) is 0 Å². The third kappa shape index (κ3) is 5.05. The van der Waals surface area contributed by atoms with Gasteiger partial charge in [-0.15, -0.1) is 0 Å². The number of ether oxygens (including phenoxy) is 2. The fraction of sp³-hybridized carbons (Fsp3) is 0.333. The summed E-state index contributed by atoms with van der Waals surface area (Å²) in [7, 11) is -2.26. The van der Waals surface area contributed by atoms with Gasteiger partial charge in [0.1, 0.15) is 0 Å². The number of carbonyl (C=O) groups excluding carboxylic acids is 2. The molecule has 0 aromatic heterocycles. The number of benzene rings is 2. The molecular weight excluding hydrogens is 408 g/mol. The molecule has 2 aromatic carbocycles. The molecule has 1 fully saturated rings. The number of carbonyl (C=O) groups is 2. The van der Waals surface area contributed by atoms with E-state index in [0.717, 1.165) is 5.56 Å². The maximum atomic E-state index is 12.6. The molecule has 160 valence electrons. The minimum atomic E-state index is -3.52. The van der Waals surface area contributed by atoms with Crippen molar-refractivity contribution in [2.24, 2.45) is 0 Å². The predicted octanol–water partition coefficient (Wildman–Crippen LogP) is 1.47. The van der Waals surface area contributed by atoms with E-state index in [4.69, 9.17) is 9.47 Å². The average molecular weight is 432 g/mol. The highest BCUT2D eigenvalue weighted by Crippen LogP contribution is 2.18. The molecule has 1 aliphatic rings. The van der Waals surface area contributed by atoms with E-state index in [1.54, 1.807) is 42.5 Å². The van der Waals surface area contributed by atoms with Gasteiger partial charge in [-0.3, -0.25) is 4.79 Å². The first-order valence-corrected chi connectivity index (χ1v) is 11.0. The Kier molecular flexibility index (Phi) is 7.20. The zero-order chi connectivity index (χ0) is 21.6. The van der Waals surface area contributed by atoms with Crippen LogP contribution in [0.15, 0.2) is 53.4 Å². The molecule has 1 N–H and O–H groups in total. The molecule has 0 bridgehead atoms. The van der Waals surface area contributed by atoms with Crippen LogP contribution in [0.3, 0.4) is 0 Å². The molecule has 0 atom stereocenters. The maximum Gasteiger partial charge on any atom is 0.338 e. The molecular formula is C21H24N2O6S. The van der Waals surface area contributed by atoms with Gasteiger partial charge >= 0.3 is 5.97 Å². The summed E-state index contributed by atoms with van der Waals surface area (Å²) >= 11 is 0. The number of esters is 1. The second-order valence-corrected chi connectivity index (χ2v) is 8.64. The molecule has 0 spiro atoms. The Morgan fingerprint density at radius 1 is 1.03 bits per heavy atom. The molecule has 8 nitrogen and oxygen atoms in total. The van der Waals surface area contributed by atoms with Crippen LogP contribution >= 0.6 is 0 Å². The largest absolute Gasteiger partial charge is 0.465 e. The Balaban J connectivity index is 1.58. The van der Waals surface area contributed by atoms with Crippen molar-refractivity contribution in [2.45, 2.75) is 11.3 Å². The normalized spacial score (nSPS) is 14.8. The highest BCUT2D eigenvalue weighted by molar-refractivity contribution is 7.89. The quantitative estimate of drug-likeness (QED) is 0.665. The second kappa shape index (κ2) is 9.84. The fourth-order valence-corrected chi connectivity index (χ4v) is 4.56. The van der Waals surface area contributed by atoms with Gasteiger partial charge in [0.15, 0.2) is 0 Å². The zero-order valence-electron chi connectivity index (χ0n) is 16.7. The van der Waals surface area contributed by atoms with Gasteiger partial charge in [0.05, 0.1) is 36.3 Å². The molecule has 0 unspecified atom stereocenters. The highest BCUT2D eigenvalue weighted by atomic mass is 32.2. The molecule has 3 rings (SSSR count). The average Bonchev–Trinajstić information content (AvgIpc) is 2.79. The zero-order valence-corrected chi connectivity index (χ0v) is 17.5. The van der Waals surface area contributed by atoms with Gasteiger partial charge in [-0.1, -0.05) is 24.3 Å². The Hall–Kier alpha value is -2.75. The first kappa shape index (κ1) is 21.9. The molecule has 1 amide bonds. The van der Waals surface area contributed by atoms with Gasteiger partial charge in [0.25, 0.3) is 5.91 Å². The number of nitrogens with one attached hydrogen (secondary N) is 1. The van der Waals surface area contributed by atoms with Crippen molar-refractivity contribution in [3.8, 4) is 0 Å². The van der Waals surface area contributed by atoms with E-state index >= 15 is 0 Å². The Bertz CT molecular complexity index is 998. The summed E-state index contributed by atoms with van der Waals surface area (Å²) in [4.78, 5) is 24.5. The van der Waals surface area contributed by atoms with E-state index in [1.165, 1.54) is 17.5 Å². The number of hydrogen-bond acceptors (Lipinski definition) is 6. The van der Waals surface area contributed by atoms with E-state index in [1.807, 2.05) is 0 Å². The van der Waals surface area contributed by atoms with Crippen molar-refractivity contribution in [2.75, 3.05) is 40.0 Å². The molecule has 1 aliphatic heterocycles. The number of rotatable bonds is 7. The second-order valence-electron chi connectivity index (χ2n) is 6.70. The van der Waals surface area contributed by atoms with Gasteiger partial charge in [-0.25, -0.2) is 13.2 Å². The SMILES string of the molecule is COC(=O)c1ccccc1C(=O)NCCc1ccc(S(=O)(=O)N2CCOCC2)cc1. The number of sulfonamides is 1. The summed E-state index contributed by atoms with van der Waals surface area (Å²) in [6, 6.07) is 13.1. The molecule has 1 heterocycles. The van der Waals surface area contributed by atoms with Crippen LogP contribution < -0.4 is 5.32 Å². The van der Waals surface area contributed by atoms with E-state index in [0.29, 0.717) is 39.3 Å². The monoisotopic (exact) mass is 432 g/mol. The highest BCUT2D eigenvalue weighted by Gasteiger charge is 2.26. The standard InChI is InChI=1S/C21H24N2O6S/c1-28-21(25)19-5-3-2-4-18(19)20(24)22-11-10-16-6-8-17(9-7-16)30(26,27)23-12-14-29-15-13-23/h2-9H,10-15H2,1H3,(H,22,24). The first-order chi connectivity index (χ1) is 14.4. The number of hydrogen-bond donors (Lipinski definition) is 1. The van der Waals surface area contributed by atoms with Crippen molar-refractivity contribution in [3.63, 3.8) is 0 Å². The van der Waals surface area contributed by atoms with Crippen LogP contribution in [0.2, 0.25) is 0 Å². The lowest BCUT2D eigenvalue weighted by Gasteiger charge is -2.26. The lowest BCUT2D eigenvalue weighted by molar-refractivity contribution is 0.0596. The number of morpholine rings is 1. The van der Waals surface area contributed by atoms with Crippen LogP contribution in [0.5, 0.6) is 0 Å². The summed E-state index contributed by atoms with van der Waals surface area (Å²) in [6.07, 6.45) is 0.518. The smallest absolute Gasteiger partial charge is 0.338 e. The summed E-state index contributed by atoms with van der Waals surface area (Å²) in [5, 5.41) is 2.78. The molecule has 0 aliphatic carbocycles. The summed E-state index contributed by atoms with van der Waals surface area (Å²) in [5.74, 6) is -0.944. The number of nitrogens with zero attached hydrogens (tertiary/aromatic N) is 1. The summed E-state index contributed by atoms with van der Waals surface area (Å²) in [6.45, 7) is 1.84. The minimum absolute atomic E-state index is 0.204.